The van der Waals surface area contributed by atoms with Crippen molar-refractivity contribution in [1.29, 1.82) is 0 Å². The predicted molar refractivity (Wildman–Crippen MR) is 104 cm³/mol. The third-order valence-electron chi connectivity index (χ3n) is 4.33. The number of aryl methyl sites for hydroxylation is 1. The van der Waals surface area contributed by atoms with Gasteiger partial charge in [-0.05, 0) is 42.7 Å². The number of benzene rings is 2. The maximum atomic E-state index is 11.2. The van der Waals surface area contributed by atoms with Crippen LogP contribution in [0.5, 0.6) is 11.5 Å². The van der Waals surface area contributed by atoms with Gasteiger partial charge in [-0.15, -0.1) is 0 Å². The lowest BCUT2D eigenvalue weighted by atomic mass is 10.0. The van der Waals surface area contributed by atoms with Crippen LogP contribution < -0.4 is 4.74 Å². The molecule has 0 aliphatic heterocycles. The molecule has 0 aliphatic carbocycles. The van der Waals surface area contributed by atoms with Gasteiger partial charge in [0.1, 0.15) is 11.5 Å². The molecule has 1 N–H and O–H groups in total. The van der Waals surface area contributed by atoms with Gasteiger partial charge in [-0.25, -0.2) is 0 Å². The van der Waals surface area contributed by atoms with Crippen molar-refractivity contribution in [3.05, 3.63) is 54.1 Å². The highest BCUT2D eigenvalue weighted by Crippen LogP contribution is 2.24. The number of unbranched alkanes of at least 4 members (excludes halogenated alkanes) is 6. The lowest BCUT2D eigenvalue weighted by Crippen LogP contribution is -1.98. The van der Waals surface area contributed by atoms with Crippen LogP contribution in [0.2, 0.25) is 0 Å². The standard InChI is InChI=1S/C21H28O4S/c1-2-3-4-5-6-7-8-10-18-13-15-19(16-14-18)25-20-11-9-12-21(17-20)26(22,23)24/h9,11-17H,2-8,10H2,1H3,(H,22,23,24). The first-order chi connectivity index (χ1) is 12.5. The first-order valence-corrected chi connectivity index (χ1v) is 10.8. The Morgan fingerprint density at radius 1 is 0.846 bits per heavy atom. The fourth-order valence-corrected chi connectivity index (χ4v) is 3.36. The molecule has 0 heterocycles. The van der Waals surface area contributed by atoms with Crippen LogP contribution in [0, 0.1) is 0 Å². The van der Waals surface area contributed by atoms with Gasteiger partial charge in [-0.1, -0.05) is 63.6 Å². The zero-order valence-corrected chi connectivity index (χ0v) is 16.2. The molecule has 0 fully saturated rings. The number of rotatable bonds is 11. The number of ether oxygens (including phenoxy) is 1. The van der Waals surface area contributed by atoms with Gasteiger partial charge in [0.25, 0.3) is 10.1 Å². The molecule has 4 nitrogen and oxygen atoms in total. The van der Waals surface area contributed by atoms with E-state index in [1.807, 2.05) is 24.3 Å². The van der Waals surface area contributed by atoms with E-state index >= 15 is 0 Å². The lowest BCUT2D eigenvalue weighted by molar-refractivity contribution is 0.471. The Kier molecular flexibility index (Phi) is 8.13. The van der Waals surface area contributed by atoms with Crippen molar-refractivity contribution in [2.75, 3.05) is 0 Å². The zero-order valence-electron chi connectivity index (χ0n) is 15.4. The summed E-state index contributed by atoms with van der Waals surface area (Å²) in [6, 6.07) is 13.7. The molecule has 0 unspecified atom stereocenters. The highest BCUT2D eigenvalue weighted by molar-refractivity contribution is 7.85. The second-order valence-corrected chi connectivity index (χ2v) is 7.99. The van der Waals surface area contributed by atoms with Gasteiger partial charge in [0.05, 0.1) is 4.90 Å². The second kappa shape index (κ2) is 10.3. The van der Waals surface area contributed by atoms with Crippen LogP contribution in [0.3, 0.4) is 0 Å². The van der Waals surface area contributed by atoms with E-state index in [0.717, 1.165) is 6.42 Å². The van der Waals surface area contributed by atoms with E-state index in [0.29, 0.717) is 11.5 Å². The van der Waals surface area contributed by atoms with Gasteiger partial charge >= 0.3 is 0 Å². The zero-order chi connectivity index (χ0) is 18.8. The molecule has 0 saturated carbocycles. The quantitative estimate of drug-likeness (QED) is 0.385. The maximum absolute atomic E-state index is 11.2. The smallest absolute Gasteiger partial charge is 0.294 e. The van der Waals surface area contributed by atoms with Crippen LogP contribution in [0.1, 0.15) is 57.4 Å². The molecule has 0 spiro atoms. The van der Waals surface area contributed by atoms with Crippen LogP contribution in [0.25, 0.3) is 0 Å². The normalized spacial score (nSPS) is 11.5. The SMILES string of the molecule is CCCCCCCCCc1ccc(Oc2cccc(S(=O)(=O)O)c2)cc1. The topological polar surface area (TPSA) is 63.6 Å². The fourth-order valence-electron chi connectivity index (χ4n) is 2.84. The van der Waals surface area contributed by atoms with Crippen molar-refractivity contribution in [2.45, 2.75) is 63.2 Å². The molecule has 0 saturated heterocycles. The molecule has 0 radical (unpaired) electrons. The molecule has 5 heteroatoms. The molecule has 142 valence electrons. The summed E-state index contributed by atoms with van der Waals surface area (Å²) in [6.45, 7) is 2.23. The number of hydrogen-bond acceptors (Lipinski definition) is 3. The van der Waals surface area contributed by atoms with E-state index < -0.39 is 10.1 Å². The van der Waals surface area contributed by atoms with Crippen LogP contribution >= 0.6 is 0 Å². The van der Waals surface area contributed by atoms with E-state index in [-0.39, 0.29) is 4.90 Å². The van der Waals surface area contributed by atoms with Gasteiger partial charge in [-0.3, -0.25) is 4.55 Å². The molecule has 26 heavy (non-hydrogen) atoms. The van der Waals surface area contributed by atoms with Crippen LogP contribution in [0.4, 0.5) is 0 Å². The first kappa shape index (κ1) is 20.5. The molecule has 0 atom stereocenters. The van der Waals surface area contributed by atoms with Gasteiger partial charge < -0.3 is 4.74 Å². The van der Waals surface area contributed by atoms with E-state index in [1.165, 1.54) is 68.7 Å². The van der Waals surface area contributed by atoms with Crippen molar-refractivity contribution >= 4 is 10.1 Å². The largest absolute Gasteiger partial charge is 0.457 e. The Bertz CT molecular complexity index is 767. The summed E-state index contributed by atoms with van der Waals surface area (Å²) in [7, 11) is -4.22. The molecular formula is C21H28O4S. The molecule has 0 aromatic heterocycles. The predicted octanol–water partition coefficient (Wildman–Crippen LogP) is 6.02. The van der Waals surface area contributed by atoms with Gasteiger partial charge in [0.15, 0.2) is 0 Å². The maximum Gasteiger partial charge on any atom is 0.294 e. The highest BCUT2D eigenvalue weighted by atomic mass is 32.2. The summed E-state index contributed by atoms with van der Waals surface area (Å²) in [5.41, 5.74) is 1.28. The monoisotopic (exact) mass is 376 g/mol. The van der Waals surface area contributed by atoms with Crippen LogP contribution in [-0.2, 0) is 16.5 Å². The van der Waals surface area contributed by atoms with E-state index in [2.05, 4.69) is 6.92 Å². The van der Waals surface area contributed by atoms with Gasteiger partial charge in [0, 0.05) is 6.07 Å². The summed E-state index contributed by atoms with van der Waals surface area (Å²) in [6.07, 6.45) is 10.2. The van der Waals surface area contributed by atoms with Gasteiger partial charge in [0.2, 0.25) is 0 Å². The van der Waals surface area contributed by atoms with Crippen molar-refractivity contribution in [2.24, 2.45) is 0 Å². The molecule has 0 bridgehead atoms. The Morgan fingerprint density at radius 2 is 1.50 bits per heavy atom. The molecule has 2 aromatic carbocycles. The minimum Gasteiger partial charge on any atom is -0.457 e. The minimum atomic E-state index is -4.22. The van der Waals surface area contributed by atoms with Crippen LogP contribution in [-0.4, -0.2) is 13.0 Å². The molecule has 0 amide bonds. The average Bonchev–Trinajstić information content (AvgIpc) is 2.62. The summed E-state index contributed by atoms with van der Waals surface area (Å²) < 4.78 is 37.1. The third-order valence-corrected chi connectivity index (χ3v) is 5.18. The summed E-state index contributed by atoms with van der Waals surface area (Å²) in [5, 5.41) is 0. The minimum absolute atomic E-state index is 0.175. The average molecular weight is 377 g/mol. The summed E-state index contributed by atoms with van der Waals surface area (Å²) in [4.78, 5) is -0.175. The number of hydrogen-bond donors (Lipinski definition) is 1. The Balaban J connectivity index is 1.81. The van der Waals surface area contributed by atoms with Gasteiger partial charge in [-0.2, -0.15) is 8.42 Å². The molecule has 2 aromatic rings. The van der Waals surface area contributed by atoms with E-state index in [4.69, 9.17) is 9.29 Å². The Labute approximate surface area is 157 Å². The fraction of sp³-hybridized carbons (Fsp3) is 0.429. The molecular weight excluding hydrogens is 348 g/mol. The third kappa shape index (κ3) is 7.18. The van der Waals surface area contributed by atoms with Crippen molar-refractivity contribution < 1.29 is 17.7 Å². The van der Waals surface area contributed by atoms with Crippen molar-refractivity contribution in [3.63, 3.8) is 0 Å². The first-order valence-electron chi connectivity index (χ1n) is 9.33. The second-order valence-electron chi connectivity index (χ2n) is 6.57. The lowest BCUT2D eigenvalue weighted by Gasteiger charge is -2.08. The Morgan fingerprint density at radius 3 is 2.15 bits per heavy atom. The molecule has 0 aliphatic rings. The van der Waals surface area contributed by atoms with Crippen molar-refractivity contribution in [3.8, 4) is 11.5 Å². The summed E-state index contributed by atoms with van der Waals surface area (Å²) in [5.74, 6) is 1.01. The molecule has 2 rings (SSSR count). The van der Waals surface area contributed by atoms with E-state index in [1.54, 1.807) is 6.07 Å². The summed E-state index contributed by atoms with van der Waals surface area (Å²) >= 11 is 0. The van der Waals surface area contributed by atoms with E-state index in [9.17, 15) is 8.42 Å². The van der Waals surface area contributed by atoms with Crippen LogP contribution in [0.15, 0.2) is 53.4 Å². The Hall–Kier alpha value is -1.85. The highest BCUT2D eigenvalue weighted by Gasteiger charge is 2.10. The van der Waals surface area contributed by atoms with Crippen molar-refractivity contribution in [1.82, 2.24) is 0 Å².